The van der Waals surface area contributed by atoms with Crippen LogP contribution < -0.4 is 0 Å². The van der Waals surface area contributed by atoms with E-state index in [-0.39, 0.29) is 25.0 Å². The van der Waals surface area contributed by atoms with Crippen molar-refractivity contribution in [2.45, 2.75) is 82.5 Å². The number of rotatable bonds is 16. The second kappa shape index (κ2) is 12.7. The van der Waals surface area contributed by atoms with Crippen molar-refractivity contribution >= 4 is 17.8 Å². The van der Waals surface area contributed by atoms with E-state index in [0.717, 1.165) is 25.7 Å². The second-order valence-corrected chi connectivity index (χ2v) is 9.90. The van der Waals surface area contributed by atoms with Crippen LogP contribution in [0.2, 0.25) is 0 Å². The number of esters is 1. The molecule has 0 aliphatic carbocycles. The van der Waals surface area contributed by atoms with Crippen molar-refractivity contribution in [3.8, 4) is 0 Å². The van der Waals surface area contributed by atoms with Crippen molar-refractivity contribution in [1.29, 1.82) is 0 Å². The van der Waals surface area contributed by atoms with E-state index in [1.165, 1.54) is 0 Å². The molecule has 0 radical (unpaired) electrons. The fourth-order valence-corrected chi connectivity index (χ4v) is 6.00. The molecule has 5 atom stereocenters. The minimum Gasteiger partial charge on any atom is -0.465 e. The van der Waals surface area contributed by atoms with Crippen LogP contribution in [0.1, 0.15) is 64.7 Å². The zero-order chi connectivity index (χ0) is 25.4. The molecule has 1 N–H and O–H groups in total. The van der Waals surface area contributed by atoms with E-state index in [4.69, 9.17) is 9.47 Å². The van der Waals surface area contributed by atoms with Crippen LogP contribution in [0.5, 0.6) is 0 Å². The third-order valence-electron chi connectivity index (χ3n) is 7.60. The molecule has 2 bridgehead atoms. The summed E-state index contributed by atoms with van der Waals surface area (Å²) in [6, 6.07) is -0.774. The molecular weight excluding hydrogens is 448 g/mol. The Morgan fingerprint density at radius 2 is 2.03 bits per heavy atom. The summed E-state index contributed by atoms with van der Waals surface area (Å²) in [6.07, 6.45) is 9.74. The quantitative estimate of drug-likeness (QED) is 0.203. The summed E-state index contributed by atoms with van der Waals surface area (Å²) in [4.78, 5) is 44.3. The molecular formula is C27H42N2O6. The highest BCUT2D eigenvalue weighted by Crippen LogP contribution is 2.58. The molecule has 0 aromatic rings. The lowest BCUT2D eigenvalue weighted by molar-refractivity contribution is -0.155. The third kappa shape index (κ3) is 5.48. The van der Waals surface area contributed by atoms with E-state index < -0.39 is 35.6 Å². The van der Waals surface area contributed by atoms with E-state index in [2.05, 4.69) is 20.1 Å². The molecule has 0 aromatic heterocycles. The number of carbonyl (C=O) groups is 3. The van der Waals surface area contributed by atoms with E-state index in [9.17, 15) is 19.5 Å². The van der Waals surface area contributed by atoms with Gasteiger partial charge >= 0.3 is 5.97 Å². The summed E-state index contributed by atoms with van der Waals surface area (Å²) in [5.41, 5.74) is -1.01. The van der Waals surface area contributed by atoms with Crippen LogP contribution in [-0.2, 0) is 23.9 Å². The summed E-state index contributed by atoms with van der Waals surface area (Å²) in [6.45, 7) is 11.3. The number of ether oxygens (including phenoxy) is 2. The summed E-state index contributed by atoms with van der Waals surface area (Å²) in [5.74, 6) is -2.15. The Hall–Kier alpha value is -2.19. The van der Waals surface area contributed by atoms with Gasteiger partial charge in [0, 0.05) is 26.2 Å². The van der Waals surface area contributed by atoms with Crippen molar-refractivity contribution < 1.29 is 29.0 Å². The first-order valence-electron chi connectivity index (χ1n) is 13.2. The molecule has 3 aliphatic rings. The van der Waals surface area contributed by atoms with Crippen molar-refractivity contribution in [1.82, 2.24) is 9.80 Å². The van der Waals surface area contributed by atoms with Crippen LogP contribution in [0.3, 0.4) is 0 Å². The van der Waals surface area contributed by atoms with Gasteiger partial charge in [-0.2, -0.15) is 0 Å². The molecule has 2 unspecified atom stereocenters. The molecule has 3 aliphatic heterocycles. The van der Waals surface area contributed by atoms with Crippen LogP contribution in [-0.4, -0.2) is 83.3 Å². The van der Waals surface area contributed by atoms with Crippen molar-refractivity contribution in [2.75, 3.05) is 32.8 Å². The van der Waals surface area contributed by atoms with Crippen molar-refractivity contribution in [3.63, 3.8) is 0 Å². The minimum atomic E-state index is -1.01. The first-order valence-corrected chi connectivity index (χ1v) is 13.2. The van der Waals surface area contributed by atoms with Crippen molar-refractivity contribution in [2.24, 2.45) is 11.8 Å². The predicted molar refractivity (Wildman–Crippen MR) is 132 cm³/mol. The Kier molecular flexibility index (Phi) is 9.92. The van der Waals surface area contributed by atoms with Gasteiger partial charge in [0.25, 0.3) is 0 Å². The normalized spacial score (nSPS) is 28.7. The van der Waals surface area contributed by atoms with Gasteiger partial charge in [-0.05, 0) is 44.9 Å². The Morgan fingerprint density at radius 1 is 1.23 bits per heavy atom. The maximum absolute atomic E-state index is 14.0. The Labute approximate surface area is 209 Å². The lowest BCUT2D eigenvalue weighted by Gasteiger charge is -2.36. The van der Waals surface area contributed by atoms with Crippen LogP contribution >= 0.6 is 0 Å². The standard InChI is InChI=1S/C27H42N2O6/c1-4-7-9-16-28(15-6-3)25(32)23-27-14-13-20(35-27)21(26(33)34-19-12-8-5-2)22(27)24(31)29(23)17-10-11-18-30/h5-6,20-23,30H,2-4,7-19H2,1H3/t20-,21+,22-,23?,27?/m0/s1. The Bertz CT molecular complexity index is 786. The summed E-state index contributed by atoms with van der Waals surface area (Å²) >= 11 is 0. The lowest BCUT2D eigenvalue weighted by Crippen LogP contribution is -2.56. The number of amides is 2. The van der Waals surface area contributed by atoms with Crippen LogP contribution in [0.15, 0.2) is 25.3 Å². The molecule has 0 aromatic carbocycles. The highest BCUT2D eigenvalue weighted by molar-refractivity contribution is 5.98. The molecule has 2 amide bonds. The van der Waals surface area contributed by atoms with Gasteiger partial charge in [0.05, 0.1) is 24.5 Å². The number of likely N-dealkylation sites (tertiary alicyclic amines) is 1. The maximum Gasteiger partial charge on any atom is 0.312 e. The number of fused-ring (bicyclic) bond motifs is 1. The molecule has 3 rings (SSSR count). The topological polar surface area (TPSA) is 96.4 Å². The molecule has 196 valence electrons. The average molecular weight is 491 g/mol. The minimum absolute atomic E-state index is 0.0209. The highest BCUT2D eigenvalue weighted by Gasteiger charge is 2.74. The zero-order valence-electron chi connectivity index (χ0n) is 21.2. The molecule has 0 saturated carbocycles. The number of unbranched alkanes of at least 4 members (excludes halogenated alkanes) is 4. The SMILES string of the molecule is C=CCCCOC(=O)[C@@H]1[C@@H]2CCC3(O2)C(C(=O)N(CC=C)CCCCC)N(CCCCO)C(=O)[C@H]13. The molecule has 3 saturated heterocycles. The maximum atomic E-state index is 14.0. The zero-order valence-corrected chi connectivity index (χ0v) is 21.2. The van der Waals surface area contributed by atoms with Gasteiger partial charge in [-0.25, -0.2) is 0 Å². The van der Waals surface area contributed by atoms with Crippen molar-refractivity contribution in [3.05, 3.63) is 25.3 Å². The fraction of sp³-hybridized carbons (Fsp3) is 0.741. The van der Waals surface area contributed by atoms with Crippen LogP contribution in [0.4, 0.5) is 0 Å². The Morgan fingerprint density at radius 3 is 2.71 bits per heavy atom. The molecule has 3 heterocycles. The predicted octanol–water partition coefficient (Wildman–Crippen LogP) is 2.85. The number of hydrogen-bond donors (Lipinski definition) is 1. The van der Waals surface area contributed by atoms with Crippen LogP contribution in [0, 0.1) is 11.8 Å². The highest BCUT2D eigenvalue weighted by atomic mass is 16.6. The molecule has 1 spiro atoms. The number of carbonyl (C=O) groups excluding carboxylic acids is 3. The second-order valence-electron chi connectivity index (χ2n) is 9.90. The van der Waals surface area contributed by atoms with Gasteiger partial charge in [0.1, 0.15) is 11.6 Å². The molecule has 35 heavy (non-hydrogen) atoms. The number of aliphatic hydroxyl groups excluding tert-OH is 1. The Balaban J connectivity index is 1.88. The van der Waals surface area contributed by atoms with E-state index >= 15 is 0 Å². The number of hydrogen-bond acceptors (Lipinski definition) is 6. The van der Waals surface area contributed by atoms with E-state index in [1.54, 1.807) is 22.0 Å². The van der Waals surface area contributed by atoms with Gasteiger partial charge in [-0.3, -0.25) is 14.4 Å². The smallest absolute Gasteiger partial charge is 0.312 e. The van der Waals surface area contributed by atoms with Gasteiger partial charge in [0.15, 0.2) is 0 Å². The van der Waals surface area contributed by atoms with Crippen LogP contribution in [0.25, 0.3) is 0 Å². The average Bonchev–Trinajstić information content (AvgIpc) is 3.49. The van der Waals surface area contributed by atoms with Gasteiger partial charge in [-0.15, -0.1) is 13.2 Å². The third-order valence-corrected chi connectivity index (χ3v) is 7.60. The number of aliphatic hydroxyl groups is 1. The fourth-order valence-electron chi connectivity index (χ4n) is 6.00. The van der Waals surface area contributed by atoms with E-state index in [0.29, 0.717) is 51.7 Å². The number of allylic oxidation sites excluding steroid dienone is 1. The first-order chi connectivity index (χ1) is 17.0. The number of nitrogens with zero attached hydrogens (tertiary/aromatic N) is 2. The summed E-state index contributed by atoms with van der Waals surface area (Å²) in [5, 5.41) is 9.28. The monoisotopic (exact) mass is 490 g/mol. The molecule has 8 nitrogen and oxygen atoms in total. The van der Waals surface area contributed by atoms with E-state index in [1.807, 2.05) is 0 Å². The lowest BCUT2D eigenvalue weighted by atomic mass is 9.70. The van der Waals surface area contributed by atoms with Gasteiger partial charge < -0.3 is 24.4 Å². The summed E-state index contributed by atoms with van der Waals surface area (Å²) in [7, 11) is 0. The van der Waals surface area contributed by atoms with Gasteiger partial charge in [0.2, 0.25) is 11.8 Å². The van der Waals surface area contributed by atoms with Gasteiger partial charge in [-0.1, -0.05) is 31.9 Å². The molecule has 3 fully saturated rings. The first kappa shape index (κ1) is 27.4. The summed E-state index contributed by atoms with van der Waals surface area (Å²) < 4.78 is 12.0. The largest absolute Gasteiger partial charge is 0.465 e. The molecule has 8 heteroatoms.